The molecule has 0 aliphatic heterocycles. The van der Waals surface area contributed by atoms with Gasteiger partial charge in [-0.05, 0) is 43.5 Å². The summed E-state index contributed by atoms with van der Waals surface area (Å²) < 4.78 is 5.24. The SMILES string of the molecule is COc1ccc(CN(C)CC2CCCC2)cc1C(=N)N. The van der Waals surface area contributed by atoms with Crippen LogP contribution < -0.4 is 10.5 Å². The average Bonchev–Trinajstić information content (AvgIpc) is 2.91. The van der Waals surface area contributed by atoms with E-state index in [0.717, 1.165) is 19.0 Å². The number of nitrogens with two attached hydrogens (primary N) is 1. The van der Waals surface area contributed by atoms with E-state index in [1.165, 1.54) is 31.2 Å². The van der Waals surface area contributed by atoms with Crippen molar-refractivity contribution in [3.63, 3.8) is 0 Å². The number of methoxy groups -OCH3 is 1. The molecule has 20 heavy (non-hydrogen) atoms. The Morgan fingerprint density at radius 1 is 1.40 bits per heavy atom. The fourth-order valence-corrected chi connectivity index (χ4v) is 3.07. The first-order valence-corrected chi connectivity index (χ1v) is 7.30. The Balaban J connectivity index is 2.01. The average molecular weight is 275 g/mol. The molecule has 0 spiro atoms. The predicted octanol–water partition coefficient (Wildman–Crippen LogP) is 2.60. The Morgan fingerprint density at radius 3 is 2.70 bits per heavy atom. The van der Waals surface area contributed by atoms with Crippen molar-refractivity contribution >= 4 is 5.84 Å². The van der Waals surface area contributed by atoms with Gasteiger partial charge in [0.1, 0.15) is 11.6 Å². The van der Waals surface area contributed by atoms with Crippen molar-refractivity contribution in [1.82, 2.24) is 4.90 Å². The normalized spacial score (nSPS) is 15.8. The number of amidine groups is 1. The summed E-state index contributed by atoms with van der Waals surface area (Å²) in [6.45, 7) is 2.04. The summed E-state index contributed by atoms with van der Waals surface area (Å²) in [6.07, 6.45) is 5.50. The Labute approximate surface area is 121 Å². The lowest BCUT2D eigenvalue weighted by Gasteiger charge is -2.21. The molecule has 0 heterocycles. The molecule has 0 amide bonds. The largest absolute Gasteiger partial charge is 0.496 e. The summed E-state index contributed by atoms with van der Waals surface area (Å²) >= 11 is 0. The maximum atomic E-state index is 7.62. The molecule has 1 fully saturated rings. The summed E-state index contributed by atoms with van der Waals surface area (Å²) in [5.74, 6) is 1.58. The van der Waals surface area contributed by atoms with E-state index in [1.807, 2.05) is 12.1 Å². The Morgan fingerprint density at radius 2 is 2.10 bits per heavy atom. The van der Waals surface area contributed by atoms with Gasteiger partial charge >= 0.3 is 0 Å². The maximum Gasteiger partial charge on any atom is 0.129 e. The molecule has 2 rings (SSSR count). The second kappa shape index (κ2) is 6.75. The van der Waals surface area contributed by atoms with Gasteiger partial charge in [-0.15, -0.1) is 0 Å². The van der Waals surface area contributed by atoms with Gasteiger partial charge in [-0.3, -0.25) is 5.41 Å². The van der Waals surface area contributed by atoms with Gasteiger partial charge < -0.3 is 15.4 Å². The van der Waals surface area contributed by atoms with Crippen molar-refractivity contribution < 1.29 is 4.74 Å². The standard InChI is InChI=1S/C16H25N3O/c1-19(10-12-5-3-4-6-12)11-13-7-8-15(20-2)14(9-13)16(17)18/h7-9,12H,3-6,10-11H2,1-2H3,(H3,17,18). The zero-order valence-corrected chi connectivity index (χ0v) is 12.5. The summed E-state index contributed by atoms with van der Waals surface area (Å²) in [5.41, 5.74) is 7.47. The molecule has 1 aromatic rings. The first-order valence-electron chi connectivity index (χ1n) is 7.30. The van der Waals surface area contributed by atoms with Crippen LogP contribution in [-0.2, 0) is 6.54 Å². The summed E-state index contributed by atoms with van der Waals surface area (Å²) in [6, 6.07) is 5.91. The van der Waals surface area contributed by atoms with Crippen LogP contribution in [0.4, 0.5) is 0 Å². The summed E-state index contributed by atoms with van der Waals surface area (Å²) in [4.78, 5) is 2.36. The predicted molar refractivity (Wildman–Crippen MR) is 82.3 cm³/mol. The van der Waals surface area contributed by atoms with Gasteiger partial charge in [0.25, 0.3) is 0 Å². The van der Waals surface area contributed by atoms with Gasteiger partial charge in [0.15, 0.2) is 0 Å². The molecule has 0 radical (unpaired) electrons. The molecule has 4 nitrogen and oxygen atoms in total. The van der Waals surface area contributed by atoms with E-state index in [4.69, 9.17) is 15.9 Å². The molecule has 0 bridgehead atoms. The highest BCUT2D eigenvalue weighted by molar-refractivity contribution is 5.97. The van der Waals surface area contributed by atoms with Crippen molar-refractivity contribution in [3.8, 4) is 5.75 Å². The van der Waals surface area contributed by atoms with Crippen LogP contribution in [-0.4, -0.2) is 31.4 Å². The van der Waals surface area contributed by atoms with Gasteiger partial charge in [0.2, 0.25) is 0 Å². The fourth-order valence-electron chi connectivity index (χ4n) is 3.07. The quantitative estimate of drug-likeness (QED) is 0.619. The van der Waals surface area contributed by atoms with Crippen molar-refractivity contribution in [2.24, 2.45) is 11.7 Å². The van der Waals surface area contributed by atoms with Crippen LogP contribution in [0, 0.1) is 11.3 Å². The van der Waals surface area contributed by atoms with E-state index in [9.17, 15) is 0 Å². The van der Waals surface area contributed by atoms with E-state index in [0.29, 0.717) is 11.3 Å². The van der Waals surface area contributed by atoms with Crippen molar-refractivity contribution in [2.75, 3.05) is 20.7 Å². The van der Waals surface area contributed by atoms with Gasteiger partial charge in [-0.1, -0.05) is 18.9 Å². The maximum absolute atomic E-state index is 7.62. The zero-order valence-electron chi connectivity index (χ0n) is 12.5. The second-order valence-electron chi connectivity index (χ2n) is 5.80. The highest BCUT2D eigenvalue weighted by Gasteiger charge is 2.17. The lowest BCUT2D eigenvalue weighted by molar-refractivity contribution is 0.271. The number of rotatable bonds is 6. The molecule has 1 aromatic carbocycles. The van der Waals surface area contributed by atoms with Gasteiger partial charge in [-0.2, -0.15) is 0 Å². The lowest BCUT2D eigenvalue weighted by atomic mass is 10.1. The molecular weight excluding hydrogens is 250 g/mol. The minimum atomic E-state index is 0.0575. The molecule has 1 aliphatic rings. The summed E-state index contributed by atoms with van der Waals surface area (Å²) in [7, 11) is 3.77. The van der Waals surface area contributed by atoms with Gasteiger partial charge in [-0.25, -0.2) is 0 Å². The highest BCUT2D eigenvalue weighted by Crippen LogP contribution is 2.26. The molecule has 110 valence electrons. The number of hydrogen-bond donors (Lipinski definition) is 2. The van der Waals surface area contributed by atoms with Crippen LogP contribution in [0.15, 0.2) is 18.2 Å². The van der Waals surface area contributed by atoms with E-state index in [1.54, 1.807) is 7.11 Å². The van der Waals surface area contributed by atoms with Crippen molar-refractivity contribution in [2.45, 2.75) is 32.2 Å². The topological polar surface area (TPSA) is 62.3 Å². The lowest BCUT2D eigenvalue weighted by Crippen LogP contribution is -2.24. The van der Waals surface area contributed by atoms with Gasteiger partial charge in [0.05, 0.1) is 12.7 Å². The number of ether oxygens (including phenoxy) is 1. The molecule has 0 atom stereocenters. The zero-order chi connectivity index (χ0) is 14.5. The second-order valence-corrected chi connectivity index (χ2v) is 5.80. The minimum absolute atomic E-state index is 0.0575. The van der Waals surface area contributed by atoms with Crippen molar-refractivity contribution in [1.29, 1.82) is 5.41 Å². The monoisotopic (exact) mass is 275 g/mol. The molecule has 4 heteroatoms. The van der Waals surface area contributed by atoms with Crippen LogP contribution in [0.25, 0.3) is 0 Å². The van der Waals surface area contributed by atoms with Crippen LogP contribution in [0.3, 0.4) is 0 Å². The van der Waals surface area contributed by atoms with E-state index >= 15 is 0 Å². The van der Waals surface area contributed by atoms with E-state index in [-0.39, 0.29) is 5.84 Å². The Hall–Kier alpha value is -1.55. The molecule has 0 unspecified atom stereocenters. The highest BCUT2D eigenvalue weighted by atomic mass is 16.5. The number of hydrogen-bond acceptors (Lipinski definition) is 3. The Bertz CT molecular complexity index is 467. The summed E-state index contributed by atoms with van der Waals surface area (Å²) in [5, 5.41) is 7.62. The van der Waals surface area contributed by atoms with Crippen LogP contribution in [0.1, 0.15) is 36.8 Å². The molecule has 0 aromatic heterocycles. The molecule has 3 N–H and O–H groups in total. The third-order valence-corrected chi connectivity index (χ3v) is 4.05. The van der Waals surface area contributed by atoms with Crippen molar-refractivity contribution in [3.05, 3.63) is 29.3 Å². The van der Waals surface area contributed by atoms with E-state index in [2.05, 4.69) is 18.0 Å². The number of benzene rings is 1. The minimum Gasteiger partial charge on any atom is -0.496 e. The molecular formula is C16H25N3O. The Kier molecular flexibility index (Phi) is 5.01. The smallest absolute Gasteiger partial charge is 0.129 e. The van der Waals surface area contributed by atoms with Gasteiger partial charge in [0, 0.05) is 13.1 Å². The first-order chi connectivity index (χ1) is 9.60. The molecule has 0 saturated heterocycles. The molecule has 1 saturated carbocycles. The van der Waals surface area contributed by atoms with Crippen LogP contribution in [0.2, 0.25) is 0 Å². The fraction of sp³-hybridized carbons (Fsp3) is 0.562. The van der Waals surface area contributed by atoms with Crippen LogP contribution in [0.5, 0.6) is 5.75 Å². The third kappa shape index (κ3) is 3.73. The molecule has 1 aliphatic carbocycles. The third-order valence-electron chi connectivity index (χ3n) is 4.05. The first kappa shape index (κ1) is 14.9. The number of nitrogen functional groups attached to an aromatic ring is 1. The van der Waals surface area contributed by atoms with Crippen LogP contribution >= 0.6 is 0 Å². The number of nitrogens with one attached hydrogen (secondary N) is 1. The van der Waals surface area contributed by atoms with E-state index < -0.39 is 0 Å². The number of nitrogens with zero attached hydrogens (tertiary/aromatic N) is 1.